The van der Waals surface area contributed by atoms with Gasteiger partial charge in [-0.1, -0.05) is 63.4 Å². The Kier molecular flexibility index (Phi) is 8.15. The second kappa shape index (κ2) is 10.9. The van der Waals surface area contributed by atoms with E-state index in [0.29, 0.717) is 22.9 Å². The molecule has 0 fully saturated rings. The molecule has 0 radical (unpaired) electrons. The summed E-state index contributed by atoms with van der Waals surface area (Å²) in [5, 5.41) is 8.33. The standard InChI is InChI=1S/C27H33ClN4O2/c1-6-7-16-31(26(34)20-10-8-19(2)9-11-20)18-25(33)29-24-17-23(27(3,4)5)30-32(24)22-14-12-21(28)13-15-22/h8-15,17H,6-7,16,18H2,1-5H3,(H,29,33). The van der Waals surface area contributed by atoms with Gasteiger partial charge in [-0.3, -0.25) is 9.59 Å². The Hall–Kier alpha value is -3.12. The van der Waals surface area contributed by atoms with Crippen LogP contribution in [0.25, 0.3) is 5.69 Å². The molecule has 0 unspecified atom stereocenters. The van der Waals surface area contributed by atoms with Gasteiger partial charge in [0.15, 0.2) is 0 Å². The number of rotatable bonds is 8. The van der Waals surface area contributed by atoms with Crippen molar-refractivity contribution in [1.82, 2.24) is 14.7 Å². The molecule has 0 saturated heterocycles. The highest BCUT2D eigenvalue weighted by Gasteiger charge is 2.23. The average Bonchev–Trinajstić information content (AvgIpc) is 3.21. The number of hydrogen-bond acceptors (Lipinski definition) is 3. The van der Waals surface area contributed by atoms with Crippen molar-refractivity contribution in [3.63, 3.8) is 0 Å². The Morgan fingerprint density at radius 3 is 2.29 bits per heavy atom. The summed E-state index contributed by atoms with van der Waals surface area (Å²) < 4.78 is 1.70. The molecule has 0 aliphatic heterocycles. The molecule has 1 N–H and O–H groups in total. The predicted molar refractivity (Wildman–Crippen MR) is 138 cm³/mol. The fraction of sp³-hybridized carbons (Fsp3) is 0.370. The third-order valence-corrected chi connectivity index (χ3v) is 5.77. The van der Waals surface area contributed by atoms with Gasteiger partial charge in [0.25, 0.3) is 5.91 Å². The number of aromatic nitrogens is 2. The minimum Gasteiger partial charge on any atom is -0.329 e. The van der Waals surface area contributed by atoms with Crippen LogP contribution in [0.1, 0.15) is 62.2 Å². The highest BCUT2D eigenvalue weighted by molar-refractivity contribution is 6.30. The average molecular weight is 481 g/mol. The number of benzene rings is 2. The number of nitrogens with one attached hydrogen (secondary N) is 1. The first-order valence-corrected chi connectivity index (χ1v) is 12.0. The summed E-state index contributed by atoms with van der Waals surface area (Å²) in [7, 11) is 0. The second-order valence-electron chi connectivity index (χ2n) is 9.55. The summed E-state index contributed by atoms with van der Waals surface area (Å²) in [5.41, 5.74) is 3.09. The maximum atomic E-state index is 13.1. The monoisotopic (exact) mass is 480 g/mol. The van der Waals surface area contributed by atoms with Crippen LogP contribution in [0.5, 0.6) is 0 Å². The highest BCUT2D eigenvalue weighted by atomic mass is 35.5. The fourth-order valence-corrected chi connectivity index (χ4v) is 3.58. The predicted octanol–water partition coefficient (Wildman–Crippen LogP) is 6.01. The maximum absolute atomic E-state index is 13.1. The van der Waals surface area contributed by atoms with Gasteiger partial charge in [0, 0.05) is 28.6 Å². The molecule has 180 valence electrons. The minimum absolute atomic E-state index is 0.0383. The van der Waals surface area contributed by atoms with Gasteiger partial charge in [0.05, 0.1) is 11.4 Å². The first-order valence-electron chi connectivity index (χ1n) is 11.6. The molecular formula is C27H33ClN4O2. The molecule has 2 aromatic carbocycles. The molecule has 3 rings (SSSR count). The quantitative estimate of drug-likeness (QED) is 0.429. The number of aryl methyl sites for hydroxylation is 1. The lowest BCUT2D eigenvalue weighted by atomic mass is 9.92. The van der Waals surface area contributed by atoms with Crippen molar-refractivity contribution in [3.05, 3.63) is 76.4 Å². The van der Waals surface area contributed by atoms with E-state index in [2.05, 4.69) is 33.0 Å². The van der Waals surface area contributed by atoms with E-state index in [0.717, 1.165) is 29.8 Å². The summed E-state index contributed by atoms with van der Waals surface area (Å²) in [4.78, 5) is 27.8. The van der Waals surface area contributed by atoms with E-state index in [4.69, 9.17) is 16.7 Å². The van der Waals surface area contributed by atoms with Crippen molar-refractivity contribution in [2.45, 2.75) is 52.9 Å². The molecule has 6 nitrogen and oxygen atoms in total. The van der Waals surface area contributed by atoms with E-state index in [9.17, 15) is 9.59 Å². The van der Waals surface area contributed by atoms with Crippen LogP contribution in [-0.2, 0) is 10.2 Å². The molecule has 0 atom stereocenters. The lowest BCUT2D eigenvalue weighted by Gasteiger charge is -2.22. The first kappa shape index (κ1) is 25.5. The number of nitrogens with zero attached hydrogens (tertiary/aromatic N) is 3. The number of carbonyl (C=O) groups is 2. The maximum Gasteiger partial charge on any atom is 0.254 e. The molecule has 0 bridgehead atoms. The van der Waals surface area contributed by atoms with Crippen LogP contribution in [0.4, 0.5) is 5.82 Å². The van der Waals surface area contributed by atoms with E-state index in [1.807, 2.05) is 37.3 Å². The molecule has 0 aliphatic rings. The highest BCUT2D eigenvalue weighted by Crippen LogP contribution is 2.27. The first-order chi connectivity index (χ1) is 16.1. The molecule has 2 amide bonds. The van der Waals surface area contributed by atoms with E-state index in [-0.39, 0.29) is 23.8 Å². The van der Waals surface area contributed by atoms with Gasteiger partial charge in [0.2, 0.25) is 5.91 Å². The van der Waals surface area contributed by atoms with Gasteiger partial charge < -0.3 is 10.2 Å². The van der Waals surface area contributed by atoms with Crippen LogP contribution in [0.15, 0.2) is 54.6 Å². The molecule has 0 spiro atoms. The van der Waals surface area contributed by atoms with E-state index in [1.54, 1.807) is 33.8 Å². The molecule has 0 saturated carbocycles. The number of anilines is 1. The van der Waals surface area contributed by atoms with E-state index >= 15 is 0 Å². The number of amides is 2. The van der Waals surface area contributed by atoms with Gasteiger partial charge >= 0.3 is 0 Å². The molecule has 1 heterocycles. The minimum atomic E-state index is -0.271. The molecule has 3 aromatic rings. The Bertz CT molecular complexity index is 1130. The second-order valence-corrected chi connectivity index (χ2v) is 9.98. The van der Waals surface area contributed by atoms with Gasteiger partial charge in [-0.2, -0.15) is 5.10 Å². The number of halogens is 1. The van der Waals surface area contributed by atoms with Crippen molar-refractivity contribution >= 4 is 29.2 Å². The summed E-state index contributed by atoms with van der Waals surface area (Å²) >= 11 is 6.05. The van der Waals surface area contributed by atoms with Crippen LogP contribution in [0.2, 0.25) is 5.02 Å². The van der Waals surface area contributed by atoms with Crippen LogP contribution in [0.3, 0.4) is 0 Å². The number of unbranched alkanes of at least 4 members (excludes halogenated alkanes) is 1. The van der Waals surface area contributed by atoms with Crippen molar-refractivity contribution < 1.29 is 9.59 Å². The third-order valence-electron chi connectivity index (χ3n) is 5.52. The van der Waals surface area contributed by atoms with E-state index < -0.39 is 0 Å². The van der Waals surface area contributed by atoms with Crippen LogP contribution < -0.4 is 5.32 Å². The Balaban J connectivity index is 1.84. The van der Waals surface area contributed by atoms with Crippen LogP contribution >= 0.6 is 11.6 Å². The molecule has 34 heavy (non-hydrogen) atoms. The van der Waals surface area contributed by atoms with Gasteiger partial charge in [0.1, 0.15) is 12.4 Å². The topological polar surface area (TPSA) is 67.2 Å². The zero-order chi connectivity index (χ0) is 24.9. The lowest BCUT2D eigenvalue weighted by Crippen LogP contribution is -2.39. The van der Waals surface area contributed by atoms with Gasteiger partial charge in [-0.15, -0.1) is 0 Å². The zero-order valence-electron chi connectivity index (χ0n) is 20.6. The largest absolute Gasteiger partial charge is 0.329 e. The normalized spacial score (nSPS) is 11.4. The Morgan fingerprint density at radius 2 is 1.71 bits per heavy atom. The summed E-state index contributed by atoms with van der Waals surface area (Å²) in [6, 6.07) is 16.6. The fourth-order valence-electron chi connectivity index (χ4n) is 3.45. The summed E-state index contributed by atoms with van der Waals surface area (Å²) in [5.74, 6) is 0.132. The summed E-state index contributed by atoms with van der Waals surface area (Å²) in [6.07, 6.45) is 1.75. The molecule has 0 aliphatic carbocycles. The zero-order valence-corrected chi connectivity index (χ0v) is 21.3. The van der Waals surface area contributed by atoms with Crippen molar-refractivity contribution in [1.29, 1.82) is 0 Å². The van der Waals surface area contributed by atoms with Crippen molar-refractivity contribution in [2.24, 2.45) is 0 Å². The summed E-state index contributed by atoms with van der Waals surface area (Å²) in [6.45, 7) is 10.7. The molecule has 1 aromatic heterocycles. The van der Waals surface area contributed by atoms with Crippen LogP contribution in [-0.4, -0.2) is 39.6 Å². The number of carbonyl (C=O) groups excluding carboxylic acids is 2. The van der Waals surface area contributed by atoms with Crippen molar-refractivity contribution in [2.75, 3.05) is 18.4 Å². The molecule has 7 heteroatoms. The van der Waals surface area contributed by atoms with Crippen LogP contribution in [0, 0.1) is 6.92 Å². The van der Waals surface area contributed by atoms with E-state index in [1.165, 1.54) is 0 Å². The smallest absolute Gasteiger partial charge is 0.254 e. The molecular weight excluding hydrogens is 448 g/mol. The lowest BCUT2D eigenvalue weighted by molar-refractivity contribution is -0.117. The SMILES string of the molecule is CCCCN(CC(=O)Nc1cc(C(C)(C)C)nn1-c1ccc(Cl)cc1)C(=O)c1ccc(C)cc1. The third kappa shape index (κ3) is 6.48. The van der Waals surface area contributed by atoms with Crippen molar-refractivity contribution in [3.8, 4) is 5.69 Å². The Morgan fingerprint density at radius 1 is 1.06 bits per heavy atom. The number of hydrogen-bond donors (Lipinski definition) is 1. The van der Waals surface area contributed by atoms with Gasteiger partial charge in [-0.05, 0) is 49.7 Å². The Labute approximate surface area is 206 Å². The van der Waals surface area contributed by atoms with Gasteiger partial charge in [-0.25, -0.2) is 4.68 Å².